The van der Waals surface area contributed by atoms with Gasteiger partial charge in [0.25, 0.3) is 0 Å². The molecule has 1 saturated carbocycles. The topological polar surface area (TPSA) is 80.9 Å². The molecule has 4 rings (SSSR count). The first kappa shape index (κ1) is 24.1. The highest BCUT2D eigenvalue weighted by Gasteiger charge is 2.17. The van der Waals surface area contributed by atoms with E-state index in [1.54, 1.807) is 18.3 Å². The van der Waals surface area contributed by atoms with Gasteiger partial charge in [0.1, 0.15) is 5.82 Å². The van der Waals surface area contributed by atoms with Gasteiger partial charge in [-0.3, -0.25) is 4.98 Å². The zero-order valence-electron chi connectivity index (χ0n) is 20.2. The van der Waals surface area contributed by atoms with Gasteiger partial charge in [-0.25, -0.2) is 14.5 Å². The highest BCUT2D eigenvalue weighted by Crippen LogP contribution is 2.27. The molecule has 0 unspecified atom stereocenters. The van der Waals surface area contributed by atoms with Crippen molar-refractivity contribution in [2.45, 2.75) is 84.1 Å². The van der Waals surface area contributed by atoms with Crippen LogP contribution in [0.4, 0.5) is 0 Å². The number of carboxylic acid groups (broad SMARTS) is 1. The van der Waals surface area contributed by atoms with Crippen LogP contribution in [0.5, 0.6) is 0 Å². The molecular formula is C28H36N4O2. The van der Waals surface area contributed by atoms with E-state index in [-0.39, 0.29) is 5.56 Å². The van der Waals surface area contributed by atoms with Crippen molar-refractivity contribution in [3.8, 4) is 11.3 Å². The van der Waals surface area contributed by atoms with Gasteiger partial charge in [-0.1, -0.05) is 76.1 Å². The van der Waals surface area contributed by atoms with Gasteiger partial charge in [-0.15, -0.1) is 0 Å². The van der Waals surface area contributed by atoms with Crippen LogP contribution in [0.2, 0.25) is 0 Å². The van der Waals surface area contributed by atoms with E-state index in [9.17, 15) is 9.90 Å². The third-order valence-electron chi connectivity index (χ3n) is 6.89. The summed E-state index contributed by atoms with van der Waals surface area (Å²) in [5, 5.41) is 14.4. The number of pyridine rings is 1. The summed E-state index contributed by atoms with van der Waals surface area (Å²) < 4.78 is 2.11. The Labute approximate surface area is 202 Å². The van der Waals surface area contributed by atoms with E-state index in [4.69, 9.17) is 10.1 Å². The SMILES string of the molecule is CCCCCn1nc(CCC2CCCCC2)nc1Cc1ccc(-c2ncccc2C(=O)O)cc1. The Kier molecular flexibility index (Phi) is 8.45. The number of unbranched alkanes of at least 4 members (excludes halogenated alkanes) is 2. The standard InChI is InChI=1S/C28H36N4O2/c1-2-3-7-19-32-26(30-25(31-32)17-14-21-9-5-4-6-10-21)20-22-12-15-23(16-13-22)27-24(28(33)34)11-8-18-29-27/h8,11-13,15-16,18,21H,2-7,9-10,14,17,19-20H2,1H3,(H,33,34). The molecule has 0 saturated heterocycles. The number of hydrogen-bond acceptors (Lipinski definition) is 4. The number of aromatic carboxylic acids is 1. The normalized spacial score (nSPS) is 14.4. The van der Waals surface area contributed by atoms with Crippen LogP contribution in [0.15, 0.2) is 42.6 Å². The second-order valence-electron chi connectivity index (χ2n) is 9.50. The van der Waals surface area contributed by atoms with E-state index in [1.807, 2.05) is 24.3 Å². The lowest BCUT2D eigenvalue weighted by Gasteiger charge is -2.20. The molecule has 6 nitrogen and oxygen atoms in total. The van der Waals surface area contributed by atoms with Gasteiger partial charge in [0.05, 0.1) is 11.3 Å². The lowest BCUT2D eigenvalue weighted by molar-refractivity contribution is 0.0697. The Morgan fingerprint density at radius 3 is 2.62 bits per heavy atom. The first-order chi connectivity index (χ1) is 16.6. The molecule has 180 valence electrons. The summed E-state index contributed by atoms with van der Waals surface area (Å²) in [5.74, 6) is 1.87. The first-order valence-corrected chi connectivity index (χ1v) is 12.8. The molecule has 1 aliphatic carbocycles. The number of carbonyl (C=O) groups is 1. The second kappa shape index (κ2) is 11.9. The number of nitrogens with zero attached hydrogens (tertiary/aromatic N) is 4. The average molecular weight is 461 g/mol. The molecule has 1 aromatic carbocycles. The van der Waals surface area contributed by atoms with Crippen LogP contribution in [0.25, 0.3) is 11.3 Å². The van der Waals surface area contributed by atoms with E-state index in [0.717, 1.165) is 54.5 Å². The molecule has 2 aromatic heterocycles. The number of benzene rings is 1. The van der Waals surface area contributed by atoms with Crippen molar-refractivity contribution < 1.29 is 9.90 Å². The molecule has 0 radical (unpaired) electrons. The second-order valence-corrected chi connectivity index (χ2v) is 9.50. The van der Waals surface area contributed by atoms with E-state index in [2.05, 4.69) is 16.6 Å². The number of aryl methyl sites for hydroxylation is 2. The van der Waals surface area contributed by atoms with Gasteiger partial charge in [0.15, 0.2) is 5.82 Å². The fourth-order valence-electron chi connectivity index (χ4n) is 4.93. The van der Waals surface area contributed by atoms with Gasteiger partial charge in [-0.2, -0.15) is 5.10 Å². The number of hydrogen-bond donors (Lipinski definition) is 1. The maximum absolute atomic E-state index is 11.5. The fourth-order valence-corrected chi connectivity index (χ4v) is 4.93. The third kappa shape index (κ3) is 6.31. The molecule has 0 aliphatic heterocycles. The van der Waals surface area contributed by atoms with Crippen molar-refractivity contribution in [2.75, 3.05) is 0 Å². The largest absolute Gasteiger partial charge is 0.478 e. The van der Waals surface area contributed by atoms with Crippen molar-refractivity contribution in [1.82, 2.24) is 19.7 Å². The Hall–Kier alpha value is -3.02. The molecule has 1 N–H and O–H groups in total. The maximum Gasteiger partial charge on any atom is 0.337 e. The molecule has 34 heavy (non-hydrogen) atoms. The van der Waals surface area contributed by atoms with Crippen molar-refractivity contribution in [3.63, 3.8) is 0 Å². The Morgan fingerprint density at radius 2 is 1.88 bits per heavy atom. The van der Waals surface area contributed by atoms with Gasteiger partial charge < -0.3 is 5.11 Å². The van der Waals surface area contributed by atoms with E-state index in [0.29, 0.717) is 5.69 Å². The minimum atomic E-state index is -0.965. The molecular weight excluding hydrogens is 424 g/mol. The molecule has 0 amide bonds. The fraction of sp³-hybridized carbons (Fsp3) is 0.500. The third-order valence-corrected chi connectivity index (χ3v) is 6.89. The zero-order chi connectivity index (χ0) is 23.8. The molecule has 2 heterocycles. The maximum atomic E-state index is 11.5. The van der Waals surface area contributed by atoms with Crippen molar-refractivity contribution in [1.29, 1.82) is 0 Å². The predicted molar refractivity (Wildman–Crippen MR) is 134 cm³/mol. The highest BCUT2D eigenvalue weighted by molar-refractivity contribution is 5.94. The summed E-state index contributed by atoms with van der Waals surface area (Å²) >= 11 is 0. The Bertz CT molecular complexity index is 1070. The van der Waals surface area contributed by atoms with Crippen LogP contribution in [0.3, 0.4) is 0 Å². The number of aromatic nitrogens is 4. The summed E-state index contributed by atoms with van der Waals surface area (Å²) in [7, 11) is 0. The first-order valence-electron chi connectivity index (χ1n) is 12.8. The summed E-state index contributed by atoms with van der Waals surface area (Å²) in [5.41, 5.74) is 2.65. The van der Waals surface area contributed by atoms with Crippen LogP contribution in [0, 0.1) is 5.92 Å². The zero-order valence-corrected chi connectivity index (χ0v) is 20.2. The van der Waals surface area contributed by atoms with E-state index < -0.39 is 5.97 Å². The van der Waals surface area contributed by atoms with Crippen LogP contribution in [-0.2, 0) is 19.4 Å². The van der Waals surface area contributed by atoms with Crippen LogP contribution < -0.4 is 0 Å². The average Bonchev–Trinajstić information content (AvgIpc) is 3.25. The molecule has 1 fully saturated rings. The predicted octanol–water partition coefficient (Wildman–Crippen LogP) is 6.33. The number of carboxylic acids is 1. The van der Waals surface area contributed by atoms with Gasteiger partial charge in [0, 0.05) is 31.1 Å². The summed E-state index contributed by atoms with van der Waals surface area (Å²) in [6, 6.07) is 11.2. The van der Waals surface area contributed by atoms with Crippen LogP contribution in [-0.4, -0.2) is 30.8 Å². The minimum Gasteiger partial charge on any atom is -0.478 e. The molecule has 6 heteroatoms. The highest BCUT2D eigenvalue weighted by atomic mass is 16.4. The summed E-state index contributed by atoms with van der Waals surface area (Å²) in [6.45, 7) is 3.13. The monoisotopic (exact) mass is 460 g/mol. The molecule has 1 aliphatic rings. The van der Waals surface area contributed by atoms with Gasteiger partial charge in [-0.05, 0) is 36.5 Å². The molecule has 0 spiro atoms. The van der Waals surface area contributed by atoms with E-state index >= 15 is 0 Å². The minimum absolute atomic E-state index is 0.216. The lowest BCUT2D eigenvalue weighted by atomic mass is 9.86. The Morgan fingerprint density at radius 1 is 1.09 bits per heavy atom. The summed E-state index contributed by atoms with van der Waals surface area (Å²) in [6.07, 6.45) is 14.9. The lowest BCUT2D eigenvalue weighted by Crippen LogP contribution is -2.08. The molecule has 0 bridgehead atoms. The van der Waals surface area contributed by atoms with E-state index in [1.165, 1.54) is 51.4 Å². The van der Waals surface area contributed by atoms with Gasteiger partial charge in [0.2, 0.25) is 0 Å². The van der Waals surface area contributed by atoms with Crippen LogP contribution >= 0.6 is 0 Å². The van der Waals surface area contributed by atoms with Gasteiger partial charge >= 0.3 is 5.97 Å². The number of rotatable bonds is 11. The van der Waals surface area contributed by atoms with Crippen molar-refractivity contribution >= 4 is 5.97 Å². The quantitative estimate of drug-likeness (QED) is 0.338. The molecule has 0 atom stereocenters. The van der Waals surface area contributed by atoms with Crippen molar-refractivity contribution in [2.24, 2.45) is 5.92 Å². The van der Waals surface area contributed by atoms with Crippen molar-refractivity contribution in [3.05, 3.63) is 65.4 Å². The summed E-state index contributed by atoms with van der Waals surface area (Å²) in [4.78, 5) is 20.8. The smallest absolute Gasteiger partial charge is 0.337 e. The van der Waals surface area contributed by atoms with Crippen LogP contribution in [0.1, 0.15) is 92.3 Å². The molecule has 3 aromatic rings. The Balaban J connectivity index is 1.47.